The third-order valence-corrected chi connectivity index (χ3v) is 3.05. The van der Waals surface area contributed by atoms with Crippen molar-refractivity contribution in [2.45, 2.75) is 64.0 Å². The first-order chi connectivity index (χ1) is 6.93. The zero-order valence-corrected chi connectivity index (χ0v) is 10.1. The van der Waals surface area contributed by atoms with Crippen LogP contribution in [-0.4, -0.2) is 28.6 Å². The Morgan fingerprint density at radius 2 is 1.81 bits per heavy atom. The number of hydrogen-bond acceptors (Lipinski definition) is 2. The van der Waals surface area contributed by atoms with Crippen LogP contribution in [0.3, 0.4) is 0 Å². The molecule has 1 fully saturated rings. The van der Waals surface area contributed by atoms with Crippen molar-refractivity contribution in [2.24, 2.45) is 5.92 Å². The molecule has 1 saturated heterocycles. The Morgan fingerprint density at radius 3 is 2.12 bits per heavy atom. The minimum atomic E-state index is -4.33. The zero-order chi connectivity index (χ0) is 12.8. The summed E-state index contributed by atoms with van der Waals surface area (Å²) in [5.41, 5.74) is -1.19. The lowest BCUT2D eigenvalue weighted by atomic mass is 9.82. The van der Waals surface area contributed by atoms with Gasteiger partial charge in [0.1, 0.15) is 0 Å². The SMILES string of the molecule is CC1(C)CC(C(O)CC(F)(F)F)C(C)(C)O1. The molecule has 0 bridgehead atoms. The molecule has 1 N–H and O–H groups in total. The van der Waals surface area contributed by atoms with Gasteiger partial charge in [0.05, 0.1) is 23.7 Å². The van der Waals surface area contributed by atoms with Crippen LogP contribution in [0, 0.1) is 5.92 Å². The van der Waals surface area contributed by atoms with E-state index in [1.165, 1.54) is 0 Å². The highest BCUT2D eigenvalue weighted by molar-refractivity contribution is 4.97. The average molecular weight is 240 g/mol. The molecule has 0 aromatic heterocycles. The maximum atomic E-state index is 12.2. The molecule has 96 valence electrons. The van der Waals surface area contributed by atoms with E-state index in [1.807, 2.05) is 13.8 Å². The van der Waals surface area contributed by atoms with Gasteiger partial charge in [0.2, 0.25) is 0 Å². The highest BCUT2D eigenvalue weighted by Crippen LogP contribution is 2.45. The summed E-state index contributed by atoms with van der Waals surface area (Å²) in [7, 11) is 0. The van der Waals surface area contributed by atoms with Crippen LogP contribution in [0.1, 0.15) is 40.5 Å². The van der Waals surface area contributed by atoms with Crippen molar-refractivity contribution in [2.75, 3.05) is 0 Å². The molecule has 0 radical (unpaired) electrons. The number of rotatable bonds is 2. The van der Waals surface area contributed by atoms with Crippen molar-refractivity contribution >= 4 is 0 Å². The van der Waals surface area contributed by atoms with Gasteiger partial charge < -0.3 is 9.84 Å². The van der Waals surface area contributed by atoms with E-state index >= 15 is 0 Å². The van der Waals surface area contributed by atoms with E-state index in [9.17, 15) is 18.3 Å². The Balaban J connectivity index is 2.73. The van der Waals surface area contributed by atoms with Crippen molar-refractivity contribution in [1.82, 2.24) is 0 Å². The Labute approximate surface area is 93.8 Å². The molecule has 1 rings (SSSR count). The minimum Gasteiger partial charge on any atom is -0.392 e. The molecule has 0 saturated carbocycles. The van der Waals surface area contributed by atoms with Gasteiger partial charge in [0.15, 0.2) is 0 Å². The molecule has 0 aromatic carbocycles. The van der Waals surface area contributed by atoms with Crippen molar-refractivity contribution in [3.05, 3.63) is 0 Å². The van der Waals surface area contributed by atoms with E-state index in [4.69, 9.17) is 4.74 Å². The minimum absolute atomic E-state index is 0.442. The summed E-state index contributed by atoms with van der Waals surface area (Å²) in [6.07, 6.45) is -6.45. The first kappa shape index (κ1) is 13.8. The van der Waals surface area contributed by atoms with Gasteiger partial charge in [-0.2, -0.15) is 13.2 Å². The van der Waals surface area contributed by atoms with Gasteiger partial charge in [-0.3, -0.25) is 0 Å². The first-order valence-electron chi connectivity index (χ1n) is 5.38. The maximum absolute atomic E-state index is 12.2. The molecule has 0 spiro atoms. The van der Waals surface area contributed by atoms with E-state index in [0.717, 1.165) is 0 Å². The molecule has 16 heavy (non-hydrogen) atoms. The maximum Gasteiger partial charge on any atom is 0.391 e. The predicted molar refractivity (Wildman–Crippen MR) is 54.0 cm³/mol. The predicted octanol–water partition coefficient (Wildman–Crippen LogP) is 2.89. The van der Waals surface area contributed by atoms with Gasteiger partial charge in [-0.05, 0) is 34.1 Å². The smallest absolute Gasteiger partial charge is 0.391 e. The molecule has 1 aliphatic rings. The molecule has 2 nitrogen and oxygen atoms in total. The Kier molecular flexibility index (Phi) is 3.34. The van der Waals surface area contributed by atoms with E-state index in [0.29, 0.717) is 6.42 Å². The number of hydrogen-bond donors (Lipinski definition) is 1. The fourth-order valence-corrected chi connectivity index (χ4v) is 2.58. The molecule has 0 amide bonds. The number of ether oxygens (including phenoxy) is 1. The topological polar surface area (TPSA) is 29.5 Å². The fourth-order valence-electron chi connectivity index (χ4n) is 2.58. The zero-order valence-electron chi connectivity index (χ0n) is 10.1. The van der Waals surface area contributed by atoms with Crippen molar-refractivity contribution in [3.8, 4) is 0 Å². The van der Waals surface area contributed by atoms with Gasteiger partial charge in [-0.1, -0.05) is 0 Å². The Hall–Kier alpha value is -0.290. The normalized spacial score (nSPS) is 30.4. The second-order valence-corrected chi connectivity index (χ2v) is 5.66. The van der Waals surface area contributed by atoms with E-state index in [1.54, 1.807) is 13.8 Å². The van der Waals surface area contributed by atoms with Crippen LogP contribution in [0.5, 0.6) is 0 Å². The summed E-state index contributed by atoms with van der Waals surface area (Å²) in [6.45, 7) is 7.11. The highest BCUT2D eigenvalue weighted by atomic mass is 19.4. The molecular weight excluding hydrogens is 221 g/mol. The number of alkyl halides is 3. The second kappa shape index (κ2) is 3.88. The summed E-state index contributed by atoms with van der Waals surface area (Å²) in [4.78, 5) is 0. The third-order valence-electron chi connectivity index (χ3n) is 3.05. The largest absolute Gasteiger partial charge is 0.392 e. The molecule has 2 unspecified atom stereocenters. The third kappa shape index (κ3) is 3.35. The van der Waals surface area contributed by atoms with Crippen LogP contribution in [0.2, 0.25) is 0 Å². The van der Waals surface area contributed by atoms with Crippen LogP contribution < -0.4 is 0 Å². The summed E-state index contributed by atoms with van der Waals surface area (Å²) < 4.78 is 42.3. The van der Waals surface area contributed by atoms with Crippen molar-refractivity contribution < 1.29 is 23.0 Å². The van der Waals surface area contributed by atoms with Gasteiger partial charge in [0.25, 0.3) is 0 Å². The molecular formula is C11H19F3O2. The van der Waals surface area contributed by atoms with Crippen molar-refractivity contribution in [3.63, 3.8) is 0 Å². The number of aliphatic hydroxyl groups is 1. The van der Waals surface area contributed by atoms with Crippen LogP contribution >= 0.6 is 0 Å². The Bertz CT molecular complexity index is 258. The summed E-state index contributed by atoms with van der Waals surface area (Å²) in [5.74, 6) is -0.482. The molecule has 1 heterocycles. The molecule has 2 atom stereocenters. The van der Waals surface area contributed by atoms with E-state index in [2.05, 4.69) is 0 Å². The monoisotopic (exact) mass is 240 g/mol. The fraction of sp³-hybridized carbons (Fsp3) is 1.00. The molecule has 5 heteroatoms. The second-order valence-electron chi connectivity index (χ2n) is 5.66. The summed E-state index contributed by atoms with van der Waals surface area (Å²) >= 11 is 0. The quantitative estimate of drug-likeness (QED) is 0.804. The van der Waals surface area contributed by atoms with Crippen LogP contribution in [0.15, 0.2) is 0 Å². The summed E-state index contributed by atoms with van der Waals surface area (Å²) in [5, 5.41) is 9.65. The first-order valence-corrected chi connectivity index (χ1v) is 5.38. The lowest BCUT2D eigenvalue weighted by Gasteiger charge is -2.30. The average Bonchev–Trinajstić information content (AvgIpc) is 2.14. The van der Waals surface area contributed by atoms with E-state index < -0.39 is 35.8 Å². The van der Waals surface area contributed by atoms with Crippen LogP contribution in [0.4, 0.5) is 13.2 Å². The van der Waals surface area contributed by atoms with Gasteiger partial charge in [0, 0.05) is 5.92 Å². The molecule has 0 aliphatic carbocycles. The van der Waals surface area contributed by atoms with Crippen molar-refractivity contribution in [1.29, 1.82) is 0 Å². The lowest BCUT2D eigenvalue weighted by Crippen LogP contribution is -2.38. The lowest BCUT2D eigenvalue weighted by molar-refractivity contribution is -0.166. The Morgan fingerprint density at radius 1 is 1.31 bits per heavy atom. The molecule has 1 aliphatic heterocycles. The number of halogens is 3. The van der Waals surface area contributed by atoms with Crippen LogP contribution in [-0.2, 0) is 4.74 Å². The van der Waals surface area contributed by atoms with Gasteiger partial charge >= 0.3 is 6.18 Å². The number of aliphatic hydroxyl groups excluding tert-OH is 1. The molecule has 0 aromatic rings. The van der Waals surface area contributed by atoms with E-state index in [-0.39, 0.29) is 0 Å². The van der Waals surface area contributed by atoms with Crippen LogP contribution in [0.25, 0.3) is 0 Å². The van der Waals surface area contributed by atoms with Gasteiger partial charge in [-0.25, -0.2) is 0 Å². The highest BCUT2D eigenvalue weighted by Gasteiger charge is 2.50. The summed E-state index contributed by atoms with van der Waals surface area (Å²) in [6, 6.07) is 0. The standard InChI is InChI=1S/C11H19F3O2/c1-9(2)5-7(10(3,4)16-9)8(15)6-11(12,13)14/h7-8,15H,5-6H2,1-4H3. The van der Waals surface area contributed by atoms with Gasteiger partial charge in [-0.15, -0.1) is 0 Å².